The van der Waals surface area contributed by atoms with Crippen LogP contribution in [0.3, 0.4) is 0 Å². The molecular formula is C33H42N4O8S. The average Bonchev–Trinajstić information content (AvgIpc) is 3.67. The molecule has 13 heteroatoms. The second-order valence-electron chi connectivity index (χ2n) is 11.7. The zero-order valence-electron chi connectivity index (χ0n) is 26.6. The summed E-state index contributed by atoms with van der Waals surface area (Å²) in [5.74, 6) is -0.532. The predicted octanol–water partition coefficient (Wildman–Crippen LogP) is 5.24. The first-order chi connectivity index (χ1) is 21.9. The number of amides is 2. The van der Waals surface area contributed by atoms with Crippen molar-refractivity contribution in [3.8, 4) is 5.75 Å². The number of ether oxygens (including phenoxy) is 2. The number of benzene rings is 2. The lowest BCUT2D eigenvalue weighted by Gasteiger charge is -2.28. The molecule has 2 aromatic carbocycles. The first-order valence-electron chi connectivity index (χ1n) is 15.5. The van der Waals surface area contributed by atoms with Crippen molar-refractivity contribution in [3.63, 3.8) is 0 Å². The smallest absolute Gasteiger partial charge is 0.328 e. The molecule has 1 aromatic heterocycles. The lowest BCUT2D eigenvalue weighted by molar-refractivity contribution is -0.152. The molecule has 1 aliphatic rings. The van der Waals surface area contributed by atoms with Gasteiger partial charge in [0.15, 0.2) is 5.82 Å². The molecule has 0 saturated carbocycles. The summed E-state index contributed by atoms with van der Waals surface area (Å²) >= 11 is 0. The van der Waals surface area contributed by atoms with Crippen molar-refractivity contribution < 1.29 is 36.8 Å². The van der Waals surface area contributed by atoms with E-state index in [1.165, 1.54) is 48.3 Å². The summed E-state index contributed by atoms with van der Waals surface area (Å²) in [6.45, 7) is 6.49. The minimum atomic E-state index is -4.64. The van der Waals surface area contributed by atoms with Gasteiger partial charge < -0.3 is 24.3 Å². The summed E-state index contributed by atoms with van der Waals surface area (Å²) in [5.41, 5.74) is 0.919. The van der Waals surface area contributed by atoms with Gasteiger partial charge in [-0.3, -0.25) is 14.1 Å². The van der Waals surface area contributed by atoms with Crippen LogP contribution in [0.5, 0.6) is 5.75 Å². The van der Waals surface area contributed by atoms with Gasteiger partial charge in [-0.1, -0.05) is 70.7 Å². The third-order valence-electron chi connectivity index (χ3n) is 8.10. The quantitative estimate of drug-likeness (QED) is 0.135. The first-order valence-corrected chi connectivity index (χ1v) is 16.9. The molecule has 0 unspecified atom stereocenters. The summed E-state index contributed by atoms with van der Waals surface area (Å²) < 4.78 is 46.0. The van der Waals surface area contributed by atoms with Gasteiger partial charge in [-0.15, -0.1) is 0 Å². The molecule has 0 bridgehead atoms. The number of unbranched alkanes of at least 4 members (excludes halogenated alkanes) is 3. The van der Waals surface area contributed by atoms with Crippen LogP contribution in [0.25, 0.3) is 0 Å². The van der Waals surface area contributed by atoms with Crippen LogP contribution in [0, 0.1) is 0 Å². The van der Waals surface area contributed by atoms with E-state index in [-0.39, 0.29) is 30.3 Å². The van der Waals surface area contributed by atoms with Crippen LogP contribution in [0.15, 0.2) is 66.0 Å². The molecule has 12 nitrogen and oxygen atoms in total. The van der Waals surface area contributed by atoms with Gasteiger partial charge in [0, 0.05) is 12.6 Å². The highest BCUT2D eigenvalue weighted by atomic mass is 32.2. The number of nitrogens with one attached hydrogen (secondary N) is 1. The lowest BCUT2D eigenvalue weighted by atomic mass is 10.0. The second-order valence-corrected chi connectivity index (χ2v) is 13.1. The van der Waals surface area contributed by atoms with Crippen molar-refractivity contribution in [1.82, 2.24) is 14.5 Å². The van der Waals surface area contributed by atoms with Crippen molar-refractivity contribution in [3.05, 3.63) is 72.2 Å². The first kappa shape index (κ1) is 34.6. The van der Waals surface area contributed by atoms with Crippen LogP contribution in [-0.2, 0) is 24.4 Å². The van der Waals surface area contributed by atoms with Crippen molar-refractivity contribution in [1.29, 1.82) is 0 Å². The molecule has 3 aromatic rings. The lowest BCUT2D eigenvalue weighted by Crippen LogP contribution is -2.44. The third-order valence-corrected chi connectivity index (χ3v) is 9.01. The molecule has 2 amide bonds. The van der Waals surface area contributed by atoms with E-state index < -0.39 is 45.1 Å². The van der Waals surface area contributed by atoms with Gasteiger partial charge in [0.25, 0.3) is 16.0 Å². The standard InChI is InChI=1S/C33H42N4O8S/c1-5-6-7-8-12-27(36-20-30(34-21-36)35-31(38)26-11-9-10-13-29(26)46(41,42)43)32(39)37-19-25(18-28(37)33(40)44-4)45-24-16-14-23(15-17-24)22(2)3/h9-11,13-17,20-22,25,27-28H,5-8,12,18-19H2,1-4H3,(H,35,38)(H,41,42,43)/t25-,27+,28-/m0/s1. The largest absolute Gasteiger partial charge is 0.488 e. The normalized spacial score (nSPS) is 17.1. The number of carbonyl (C=O) groups is 3. The molecule has 2 N–H and O–H groups in total. The predicted molar refractivity (Wildman–Crippen MR) is 171 cm³/mol. The zero-order chi connectivity index (χ0) is 33.4. The Morgan fingerprint density at radius 2 is 1.78 bits per heavy atom. The van der Waals surface area contributed by atoms with Gasteiger partial charge in [0.1, 0.15) is 28.8 Å². The van der Waals surface area contributed by atoms with Crippen LogP contribution >= 0.6 is 0 Å². The second kappa shape index (κ2) is 15.4. The van der Waals surface area contributed by atoms with Gasteiger partial charge in [-0.25, -0.2) is 9.78 Å². The Balaban J connectivity index is 1.56. The molecule has 0 aliphatic carbocycles. The fourth-order valence-corrected chi connectivity index (χ4v) is 6.29. The average molecular weight is 655 g/mol. The number of hydrogen-bond donors (Lipinski definition) is 2. The fraction of sp³-hybridized carbons (Fsp3) is 0.455. The topological polar surface area (TPSA) is 157 Å². The molecule has 2 heterocycles. The number of imidazole rings is 1. The Morgan fingerprint density at radius 1 is 1.07 bits per heavy atom. The summed E-state index contributed by atoms with van der Waals surface area (Å²) in [6, 6.07) is 11.5. The number of esters is 1. The third kappa shape index (κ3) is 8.52. The monoisotopic (exact) mass is 654 g/mol. The maximum Gasteiger partial charge on any atom is 0.328 e. The van der Waals surface area contributed by atoms with Crippen LogP contribution in [0.4, 0.5) is 5.82 Å². The molecule has 3 atom stereocenters. The van der Waals surface area contributed by atoms with E-state index in [0.717, 1.165) is 31.7 Å². The van der Waals surface area contributed by atoms with Crippen LogP contribution in [0.1, 0.15) is 87.2 Å². The fourth-order valence-electron chi connectivity index (χ4n) is 5.60. The van der Waals surface area contributed by atoms with Crippen LogP contribution in [0.2, 0.25) is 0 Å². The molecule has 0 radical (unpaired) electrons. The zero-order valence-corrected chi connectivity index (χ0v) is 27.4. The molecule has 248 valence electrons. The number of likely N-dealkylation sites (tertiary alicyclic amines) is 1. The van der Waals surface area contributed by atoms with Gasteiger partial charge in [0.05, 0.1) is 25.5 Å². The SMILES string of the molecule is CCCCCC[C@H](C(=O)N1C[C@@H](Oc2ccc(C(C)C)cc2)C[C@H]1C(=O)OC)n1cnc(NC(=O)c2ccccc2S(=O)(=O)O)c1. The van der Waals surface area contributed by atoms with Gasteiger partial charge >= 0.3 is 5.97 Å². The summed E-state index contributed by atoms with van der Waals surface area (Å²) in [6.07, 6.45) is 6.86. The summed E-state index contributed by atoms with van der Waals surface area (Å²) in [4.78, 5) is 45.2. The molecule has 1 aliphatic heterocycles. The Bertz CT molecular complexity index is 1620. The number of rotatable bonds is 14. The minimum Gasteiger partial charge on any atom is -0.488 e. The number of methoxy groups -OCH3 is 1. The highest BCUT2D eigenvalue weighted by Gasteiger charge is 2.43. The van der Waals surface area contributed by atoms with Gasteiger partial charge in [0.2, 0.25) is 5.91 Å². The Kier molecular flexibility index (Phi) is 11.6. The van der Waals surface area contributed by atoms with Gasteiger partial charge in [-0.2, -0.15) is 8.42 Å². The summed E-state index contributed by atoms with van der Waals surface area (Å²) in [5, 5.41) is 2.55. The maximum atomic E-state index is 14.2. The molecule has 0 spiro atoms. The van der Waals surface area contributed by atoms with E-state index >= 15 is 0 Å². The molecule has 4 rings (SSSR count). The summed E-state index contributed by atoms with van der Waals surface area (Å²) in [7, 11) is -3.36. The van der Waals surface area contributed by atoms with Crippen LogP contribution < -0.4 is 10.1 Å². The Hall–Kier alpha value is -4.23. The molecule has 1 saturated heterocycles. The van der Waals surface area contributed by atoms with Crippen molar-refractivity contribution in [2.45, 2.75) is 88.3 Å². The van der Waals surface area contributed by atoms with Gasteiger partial charge in [-0.05, 0) is 42.2 Å². The van der Waals surface area contributed by atoms with E-state index in [2.05, 4.69) is 31.1 Å². The molecule has 46 heavy (non-hydrogen) atoms. The van der Waals surface area contributed by atoms with Crippen LogP contribution in [-0.4, -0.2) is 71.0 Å². The van der Waals surface area contributed by atoms with E-state index in [9.17, 15) is 27.4 Å². The van der Waals surface area contributed by atoms with E-state index in [1.807, 2.05) is 24.3 Å². The maximum absolute atomic E-state index is 14.2. The molecular weight excluding hydrogens is 612 g/mol. The van der Waals surface area contributed by atoms with E-state index in [4.69, 9.17) is 9.47 Å². The number of nitrogens with zero attached hydrogens (tertiary/aromatic N) is 3. The van der Waals surface area contributed by atoms with Crippen molar-refractivity contribution in [2.75, 3.05) is 19.0 Å². The van der Waals surface area contributed by atoms with E-state index in [0.29, 0.717) is 18.1 Å². The van der Waals surface area contributed by atoms with E-state index in [1.54, 1.807) is 4.57 Å². The van der Waals surface area contributed by atoms with Crippen molar-refractivity contribution >= 4 is 33.7 Å². The van der Waals surface area contributed by atoms with Crippen molar-refractivity contribution in [2.24, 2.45) is 0 Å². The minimum absolute atomic E-state index is 0.0819. The molecule has 1 fully saturated rings. The Morgan fingerprint density at radius 3 is 2.43 bits per heavy atom. The number of anilines is 1. The highest BCUT2D eigenvalue weighted by Crippen LogP contribution is 2.30. The Labute approximate surface area is 269 Å². The highest BCUT2D eigenvalue weighted by molar-refractivity contribution is 7.86. The number of hydrogen-bond acceptors (Lipinski definition) is 8. The number of aromatic nitrogens is 2. The number of carbonyl (C=O) groups excluding carboxylic acids is 3.